The van der Waals surface area contributed by atoms with Gasteiger partial charge in [0.15, 0.2) is 0 Å². The molecule has 0 aliphatic carbocycles. The number of nitrogens with zero attached hydrogens (tertiary/aromatic N) is 4. The van der Waals surface area contributed by atoms with Gasteiger partial charge in [0.2, 0.25) is 0 Å². The maximum absolute atomic E-state index is 12.6. The molecular formula is C20H22F6N4O6. The molecule has 1 amide bonds. The van der Waals surface area contributed by atoms with E-state index in [-0.39, 0.29) is 5.91 Å². The Balaban J connectivity index is 0.000000271. The van der Waals surface area contributed by atoms with E-state index in [4.69, 9.17) is 24.2 Å². The number of carbonyl (C=O) groups excluding carboxylic acids is 1. The molecule has 16 heteroatoms. The molecule has 36 heavy (non-hydrogen) atoms. The van der Waals surface area contributed by atoms with Crippen molar-refractivity contribution in [1.82, 2.24) is 19.4 Å². The molecule has 0 radical (unpaired) electrons. The average molecular weight is 528 g/mol. The van der Waals surface area contributed by atoms with Gasteiger partial charge in [0.05, 0.1) is 25.3 Å². The van der Waals surface area contributed by atoms with Gasteiger partial charge in [-0.25, -0.2) is 14.6 Å². The maximum Gasteiger partial charge on any atom is 0.490 e. The SMILES string of the molecule is O=C(O)C(F)(F)F.O=C(O)C(F)(F)F.O=C(c1cnc2n1CCN(Cc1ccoc1)C2)N1CCCC1. The molecule has 4 heterocycles. The van der Waals surface area contributed by atoms with Crippen LogP contribution in [-0.2, 0) is 29.2 Å². The molecule has 2 aromatic heterocycles. The van der Waals surface area contributed by atoms with Crippen LogP contribution >= 0.6 is 0 Å². The minimum atomic E-state index is -5.08. The zero-order chi connectivity index (χ0) is 27.1. The van der Waals surface area contributed by atoms with E-state index in [1.165, 1.54) is 5.56 Å². The lowest BCUT2D eigenvalue weighted by Gasteiger charge is -2.28. The number of likely N-dealkylation sites (tertiary alicyclic amines) is 1. The van der Waals surface area contributed by atoms with Crippen molar-refractivity contribution in [1.29, 1.82) is 0 Å². The standard InChI is InChI=1S/C16H20N4O2.2C2HF3O2/c21-16(19-4-1-2-5-19)14-9-17-15-11-18(6-7-20(14)15)10-13-3-8-22-12-13;2*3-2(4,5)1(6)7/h3,8-9,12H,1-2,4-7,10-11H2;2*(H,6,7). The summed E-state index contributed by atoms with van der Waals surface area (Å²) in [6, 6.07) is 1.99. The largest absolute Gasteiger partial charge is 0.490 e. The number of halogens is 6. The van der Waals surface area contributed by atoms with Crippen LogP contribution in [-0.4, -0.2) is 79.4 Å². The maximum atomic E-state index is 12.6. The first kappa shape index (κ1) is 28.7. The van der Waals surface area contributed by atoms with Crippen molar-refractivity contribution in [2.24, 2.45) is 0 Å². The molecule has 1 saturated heterocycles. The molecule has 0 bridgehead atoms. The number of rotatable bonds is 3. The third-order valence-corrected chi connectivity index (χ3v) is 5.03. The summed E-state index contributed by atoms with van der Waals surface area (Å²) in [7, 11) is 0. The third-order valence-electron chi connectivity index (χ3n) is 5.03. The lowest BCUT2D eigenvalue weighted by molar-refractivity contribution is -0.193. The number of furan rings is 1. The Hall–Kier alpha value is -3.56. The average Bonchev–Trinajstić information content (AvgIpc) is 3.54. The molecule has 0 spiro atoms. The van der Waals surface area contributed by atoms with Crippen LogP contribution < -0.4 is 0 Å². The molecule has 2 aromatic rings. The van der Waals surface area contributed by atoms with Crippen molar-refractivity contribution in [3.8, 4) is 0 Å². The van der Waals surface area contributed by atoms with Crippen LogP contribution in [0.15, 0.2) is 29.2 Å². The first-order chi connectivity index (χ1) is 16.7. The van der Waals surface area contributed by atoms with Gasteiger partial charge < -0.3 is 24.1 Å². The number of amides is 1. The van der Waals surface area contributed by atoms with Crippen molar-refractivity contribution < 1.29 is 55.4 Å². The molecule has 1 fully saturated rings. The van der Waals surface area contributed by atoms with Gasteiger partial charge in [0.25, 0.3) is 5.91 Å². The number of carbonyl (C=O) groups is 3. The van der Waals surface area contributed by atoms with E-state index >= 15 is 0 Å². The van der Waals surface area contributed by atoms with E-state index in [2.05, 4.69) is 14.5 Å². The second-order valence-electron chi connectivity index (χ2n) is 7.66. The smallest absolute Gasteiger partial charge is 0.475 e. The van der Waals surface area contributed by atoms with E-state index in [1.807, 2.05) is 11.0 Å². The van der Waals surface area contributed by atoms with Gasteiger partial charge in [-0.15, -0.1) is 0 Å². The summed E-state index contributed by atoms with van der Waals surface area (Å²) in [6.07, 6.45) is -2.70. The van der Waals surface area contributed by atoms with E-state index < -0.39 is 24.3 Å². The summed E-state index contributed by atoms with van der Waals surface area (Å²) in [5.74, 6) is -4.39. The fourth-order valence-electron chi connectivity index (χ4n) is 3.34. The molecule has 2 aliphatic rings. The molecule has 0 saturated carbocycles. The number of imidazole rings is 1. The van der Waals surface area contributed by atoms with Crippen LogP contribution in [0.4, 0.5) is 26.3 Å². The monoisotopic (exact) mass is 528 g/mol. The summed E-state index contributed by atoms with van der Waals surface area (Å²) >= 11 is 0. The van der Waals surface area contributed by atoms with Crippen molar-refractivity contribution in [2.45, 2.75) is 44.8 Å². The second kappa shape index (κ2) is 11.9. The summed E-state index contributed by atoms with van der Waals surface area (Å²) in [4.78, 5) is 39.1. The molecule has 0 aromatic carbocycles. The molecule has 0 atom stereocenters. The molecule has 2 aliphatic heterocycles. The highest BCUT2D eigenvalue weighted by atomic mass is 19.4. The summed E-state index contributed by atoms with van der Waals surface area (Å²) in [5, 5.41) is 14.2. The first-order valence-corrected chi connectivity index (χ1v) is 10.4. The first-order valence-electron chi connectivity index (χ1n) is 10.4. The number of aromatic nitrogens is 2. The van der Waals surface area contributed by atoms with Gasteiger partial charge in [-0.2, -0.15) is 26.3 Å². The topological polar surface area (TPSA) is 129 Å². The predicted octanol–water partition coefficient (Wildman–Crippen LogP) is 2.99. The van der Waals surface area contributed by atoms with Crippen LogP contribution in [0.2, 0.25) is 0 Å². The highest BCUT2D eigenvalue weighted by Gasteiger charge is 2.38. The zero-order valence-electron chi connectivity index (χ0n) is 18.6. The fourth-order valence-corrected chi connectivity index (χ4v) is 3.34. The van der Waals surface area contributed by atoms with Gasteiger partial charge in [-0.05, 0) is 18.9 Å². The minimum Gasteiger partial charge on any atom is -0.475 e. The van der Waals surface area contributed by atoms with Crippen LogP contribution in [0.1, 0.15) is 34.7 Å². The van der Waals surface area contributed by atoms with Crippen molar-refractivity contribution >= 4 is 17.8 Å². The number of fused-ring (bicyclic) bond motifs is 1. The second-order valence-corrected chi connectivity index (χ2v) is 7.66. The van der Waals surface area contributed by atoms with E-state index in [0.717, 1.165) is 63.6 Å². The number of carboxylic acids is 2. The molecule has 2 N–H and O–H groups in total. The Bertz CT molecular complexity index is 1000. The minimum absolute atomic E-state index is 0.138. The molecule has 0 unspecified atom stereocenters. The van der Waals surface area contributed by atoms with Gasteiger partial charge in [-0.3, -0.25) is 9.69 Å². The van der Waals surface area contributed by atoms with Crippen LogP contribution in [0, 0.1) is 0 Å². The van der Waals surface area contributed by atoms with E-state index in [1.54, 1.807) is 18.7 Å². The highest BCUT2D eigenvalue weighted by molar-refractivity contribution is 5.92. The molecule has 10 nitrogen and oxygen atoms in total. The fraction of sp³-hybridized carbons (Fsp3) is 0.500. The van der Waals surface area contributed by atoms with Crippen molar-refractivity contribution in [3.63, 3.8) is 0 Å². The number of carboxylic acid groups (broad SMARTS) is 2. The highest BCUT2D eigenvalue weighted by Crippen LogP contribution is 2.20. The Morgan fingerprint density at radius 2 is 1.50 bits per heavy atom. The predicted molar refractivity (Wildman–Crippen MR) is 108 cm³/mol. The van der Waals surface area contributed by atoms with Gasteiger partial charge in [0.1, 0.15) is 11.5 Å². The van der Waals surface area contributed by atoms with Gasteiger partial charge in [0, 0.05) is 38.3 Å². The Labute approximate surface area is 199 Å². The van der Waals surface area contributed by atoms with Gasteiger partial charge >= 0.3 is 24.3 Å². The Kier molecular flexibility index (Phi) is 9.49. The van der Waals surface area contributed by atoms with Crippen LogP contribution in [0.3, 0.4) is 0 Å². The molecule has 200 valence electrons. The Morgan fingerprint density at radius 1 is 0.944 bits per heavy atom. The van der Waals surface area contributed by atoms with E-state index in [0.29, 0.717) is 0 Å². The summed E-state index contributed by atoms with van der Waals surface area (Å²) < 4.78 is 70.7. The van der Waals surface area contributed by atoms with E-state index in [9.17, 15) is 31.1 Å². The third kappa shape index (κ3) is 8.28. The number of aliphatic carboxylic acids is 2. The Morgan fingerprint density at radius 3 is 1.97 bits per heavy atom. The number of alkyl halides is 6. The zero-order valence-corrected chi connectivity index (χ0v) is 18.6. The van der Waals surface area contributed by atoms with Crippen LogP contribution in [0.5, 0.6) is 0 Å². The summed E-state index contributed by atoms with van der Waals surface area (Å²) in [6.45, 7) is 5.14. The lowest BCUT2D eigenvalue weighted by atomic mass is 10.2. The van der Waals surface area contributed by atoms with Crippen molar-refractivity contribution in [2.75, 3.05) is 19.6 Å². The lowest BCUT2D eigenvalue weighted by Crippen LogP contribution is -2.36. The van der Waals surface area contributed by atoms with Gasteiger partial charge in [-0.1, -0.05) is 0 Å². The number of hydrogen-bond donors (Lipinski definition) is 2. The molecular weight excluding hydrogens is 506 g/mol. The molecule has 4 rings (SSSR count). The van der Waals surface area contributed by atoms with Crippen molar-refractivity contribution in [3.05, 3.63) is 41.9 Å². The normalized spacial score (nSPS) is 15.8. The summed E-state index contributed by atoms with van der Waals surface area (Å²) in [5.41, 5.74) is 1.92. The van der Waals surface area contributed by atoms with Crippen LogP contribution in [0.25, 0.3) is 0 Å². The number of hydrogen-bond acceptors (Lipinski definition) is 6. The quantitative estimate of drug-likeness (QED) is 0.582.